The molecule has 3 rings (SSSR count). The highest BCUT2D eigenvalue weighted by Crippen LogP contribution is 2.27. The number of nitrogens with one attached hydrogen (secondary N) is 1. The number of hydrogen-bond donors (Lipinski definition) is 3. The van der Waals surface area contributed by atoms with Gasteiger partial charge in [0.1, 0.15) is 22.8 Å². The Bertz CT molecular complexity index is 839. The van der Waals surface area contributed by atoms with Crippen LogP contribution in [0.4, 0.5) is 5.82 Å². The summed E-state index contributed by atoms with van der Waals surface area (Å²) < 4.78 is 5.63. The molecule has 1 aliphatic heterocycles. The van der Waals surface area contributed by atoms with Crippen molar-refractivity contribution in [2.45, 2.75) is 58.3 Å². The number of carboxylic acid groups (broad SMARTS) is 1. The minimum absolute atomic E-state index is 0.250. The molecule has 164 valence electrons. The second-order valence-electron chi connectivity index (χ2n) is 7.37. The van der Waals surface area contributed by atoms with Gasteiger partial charge >= 0.3 is 6.01 Å². The number of nitrogens with two attached hydrogens (primary N) is 1. The number of carbonyl (C=O) groups is 1. The summed E-state index contributed by atoms with van der Waals surface area (Å²) in [6.45, 7) is 6.00. The van der Waals surface area contributed by atoms with Gasteiger partial charge < -0.3 is 25.5 Å². The summed E-state index contributed by atoms with van der Waals surface area (Å²) in [5.74, 6) is 0.336. The van der Waals surface area contributed by atoms with Gasteiger partial charge in [0.15, 0.2) is 5.82 Å². The SMILES string of the molecule is CCCCOc1nc(N)c2[nH]c(C#N)c(CCCCN3CCCCC3)c2n1.O=CO. The maximum atomic E-state index is 9.50. The number of piperidine rings is 1. The van der Waals surface area contributed by atoms with Crippen molar-refractivity contribution in [1.29, 1.82) is 5.26 Å². The molecule has 1 saturated heterocycles. The van der Waals surface area contributed by atoms with Gasteiger partial charge in [0.2, 0.25) is 0 Å². The second-order valence-corrected chi connectivity index (χ2v) is 7.37. The Balaban J connectivity index is 0.00000101. The number of unbranched alkanes of at least 4 members (excludes halogenated alkanes) is 2. The van der Waals surface area contributed by atoms with E-state index < -0.39 is 0 Å². The van der Waals surface area contributed by atoms with E-state index in [0.29, 0.717) is 29.6 Å². The molecule has 0 bridgehead atoms. The third-order valence-electron chi connectivity index (χ3n) is 5.19. The van der Waals surface area contributed by atoms with Crippen LogP contribution in [-0.2, 0) is 11.2 Å². The van der Waals surface area contributed by atoms with Crippen molar-refractivity contribution in [2.24, 2.45) is 0 Å². The molecule has 2 aromatic heterocycles. The number of likely N-dealkylation sites (tertiary alicyclic amines) is 1. The first kappa shape index (κ1) is 23.4. The van der Waals surface area contributed by atoms with Crippen LogP contribution in [0.15, 0.2) is 0 Å². The maximum absolute atomic E-state index is 9.50. The van der Waals surface area contributed by atoms with Gasteiger partial charge in [-0.15, -0.1) is 0 Å². The van der Waals surface area contributed by atoms with Gasteiger partial charge in [0.25, 0.3) is 6.47 Å². The number of nitrogens with zero attached hydrogens (tertiary/aromatic N) is 4. The molecule has 9 nitrogen and oxygen atoms in total. The molecule has 30 heavy (non-hydrogen) atoms. The molecule has 0 amide bonds. The number of fused-ring (bicyclic) bond motifs is 1. The van der Waals surface area contributed by atoms with Gasteiger partial charge in [0, 0.05) is 5.56 Å². The van der Waals surface area contributed by atoms with Crippen molar-refractivity contribution in [2.75, 3.05) is 32.0 Å². The molecule has 1 fully saturated rings. The van der Waals surface area contributed by atoms with E-state index in [1.807, 2.05) is 0 Å². The molecule has 0 spiro atoms. The quantitative estimate of drug-likeness (QED) is 0.418. The first-order chi connectivity index (χ1) is 14.6. The molecule has 0 aromatic carbocycles. The van der Waals surface area contributed by atoms with E-state index in [1.54, 1.807) is 0 Å². The van der Waals surface area contributed by atoms with E-state index in [4.69, 9.17) is 20.4 Å². The Labute approximate surface area is 177 Å². The number of nitriles is 1. The fraction of sp³-hybridized carbons (Fsp3) is 0.619. The minimum Gasteiger partial charge on any atom is -0.483 e. The Morgan fingerprint density at radius 1 is 1.27 bits per heavy atom. The number of aromatic amines is 1. The average molecular weight is 417 g/mol. The summed E-state index contributed by atoms with van der Waals surface area (Å²) >= 11 is 0. The van der Waals surface area contributed by atoms with Crippen molar-refractivity contribution in [3.8, 4) is 12.1 Å². The number of hydrogen-bond acceptors (Lipinski definition) is 7. The largest absolute Gasteiger partial charge is 0.483 e. The molecular formula is C21H32N6O3. The highest BCUT2D eigenvalue weighted by Gasteiger charge is 2.17. The monoisotopic (exact) mass is 416 g/mol. The van der Waals surface area contributed by atoms with Crippen LogP contribution in [0.1, 0.15) is 63.1 Å². The summed E-state index contributed by atoms with van der Waals surface area (Å²) in [5, 5.41) is 16.4. The molecule has 0 atom stereocenters. The zero-order valence-corrected chi connectivity index (χ0v) is 17.7. The van der Waals surface area contributed by atoms with Gasteiger partial charge in [-0.05, 0) is 58.2 Å². The zero-order valence-electron chi connectivity index (χ0n) is 17.7. The molecule has 0 aliphatic carbocycles. The third kappa shape index (κ3) is 6.59. The number of ether oxygens (including phenoxy) is 1. The number of rotatable bonds is 9. The van der Waals surface area contributed by atoms with Crippen molar-refractivity contribution in [1.82, 2.24) is 19.9 Å². The summed E-state index contributed by atoms with van der Waals surface area (Å²) in [4.78, 5) is 22.8. The standard InChI is InChI=1S/C20H30N6O.CH2O2/c1-2-3-13-27-20-24-17-15(16(14-21)23-18(17)19(22)25-20)9-5-8-12-26-10-6-4-7-11-26;2-1-3/h23H,2-13H2,1H3,(H2,22,24,25);1H,(H,2,3). The molecule has 3 heterocycles. The summed E-state index contributed by atoms with van der Waals surface area (Å²) in [7, 11) is 0. The molecule has 4 N–H and O–H groups in total. The van der Waals surface area contributed by atoms with Crippen molar-refractivity contribution >= 4 is 23.3 Å². The average Bonchev–Trinajstić information content (AvgIpc) is 3.11. The Kier molecular flexibility index (Phi) is 9.87. The van der Waals surface area contributed by atoms with Gasteiger partial charge in [0.05, 0.1) is 6.61 Å². The number of nitrogen functional groups attached to an aromatic ring is 1. The van der Waals surface area contributed by atoms with Gasteiger partial charge in [-0.2, -0.15) is 15.2 Å². The molecule has 0 unspecified atom stereocenters. The Hall–Kier alpha value is -2.86. The number of anilines is 1. The van der Waals surface area contributed by atoms with Crippen LogP contribution in [0.2, 0.25) is 0 Å². The topological polar surface area (TPSA) is 141 Å². The zero-order chi connectivity index (χ0) is 21.8. The molecule has 0 radical (unpaired) electrons. The molecule has 0 saturated carbocycles. The van der Waals surface area contributed by atoms with E-state index in [2.05, 4.69) is 32.8 Å². The summed E-state index contributed by atoms with van der Waals surface area (Å²) in [5.41, 5.74) is 8.90. The molecular weight excluding hydrogens is 384 g/mol. The maximum Gasteiger partial charge on any atom is 0.319 e. The predicted octanol–water partition coefficient (Wildman–Crippen LogP) is 3.10. The fourth-order valence-corrected chi connectivity index (χ4v) is 3.65. The lowest BCUT2D eigenvalue weighted by atomic mass is 10.1. The first-order valence-corrected chi connectivity index (χ1v) is 10.7. The highest BCUT2D eigenvalue weighted by atomic mass is 16.5. The second kappa shape index (κ2) is 12.6. The van der Waals surface area contributed by atoms with Gasteiger partial charge in [-0.25, -0.2) is 0 Å². The van der Waals surface area contributed by atoms with Crippen LogP contribution in [0, 0.1) is 11.3 Å². The first-order valence-electron chi connectivity index (χ1n) is 10.7. The minimum atomic E-state index is -0.250. The highest BCUT2D eigenvalue weighted by molar-refractivity contribution is 5.89. The van der Waals surface area contributed by atoms with E-state index in [1.165, 1.54) is 32.4 Å². The lowest BCUT2D eigenvalue weighted by Crippen LogP contribution is -2.30. The smallest absolute Gasteiger partial charge is 0.319 e. The van der Waals surface area contributed by atoms with Crippen LogP contribution in [0.25, 0.3) is 11.0 Å². The number of H-pyrrole nitrogens is 1. The lowest BCUT2D eigenvalue weighted by Gasteiger charge is -2.26. The Morgan fingerprint density at radius 3 is 2.67 bits per heavy atom. The van der Waals surface area contributed by atoms with Crippen LogP contribution >= 0.6 is 0 Å². The number of aryl methyl sites for hydroxylation is 1. The van der Waals surface area contributed by atoms with Crippen LogP contribution in [-0.4, -0.2) is 57.7 Å². The van der Waals surface area contributed by atoms with E-state index in [9.17, 15) is 5.26 Å². The summed E-state index contributed by atoms with van der Waals surface area (Å²) in [6.07, 6.45) is 8.94. The molecule has 2 aromatic rings. The van der Waals surface area contributed by atoms with Crippen LogP contribution in [0.5, 0.6) is 6.01 Å². The van der Waals surface area contributed by atoms with Crippen molar-refractivity contribution in [3.05, 3.63) is 11.3 Å². The number of aromatic nitrogens is 3. The van der Waals surface area contributed by atoms with E-state index >= 15 is 0 Å². The fourth-order valence-electron chi connectivity index (χ4n) is 3.65. The lowest BCUT2D eigenvalue weighted by molar-refractivity contribution is -0.122. The third-order valence-corrected chi connectivity index (χ3v) is 5.19. The van der Waals surface area contributed by atoms with Crippen LogP contribution < -0.4 is 10.5 Å². The summed E-state index contributed by atoms with van der Waals surface area (Å²) in [6, 6.07) is 2.54. The van der Waals surface area contributed by atoms with Gasteiger partial charge in [-0.3, -0.25) is 4.79 Å². The van der Waals surface area contributed by atoms with Crippen LogP contribution in [0.3, 0.4) is 0 Å². The molecule has 9 heteroatoms. The predicted molar refractivity (Wildman–Crippen MR) is 115 cm³/mol. The van der Waals surface area contributed by atoms with Crippen molar-refractivity contribution in [3.63, 3.8) is 0 Å². The molecule has 1 aliphatic rings. The van der Waals surface area contributed by atoms with Gasteiger partial charge in [-0.1, -0.05) is 19.8 Å². The van der Waals surface area contributed by atoms with E-state index in [0.717, 1.165) is 49.7 Å². The Morgan fingerprint density at radius 2 is 2.00 bits per heavy atom. The van der Waals surface area contributed by atoms with Crippen molar-refractivity contribution < 1.29 is 14.6 Å². The van der Waals surface area contributed by atoms with E-state index in [-0.39, 0.29) is 6.47 Å². The normalized spacial score (nSPS) is 14.0.